The van der Waals surface area contributed by atoms with Crippen molar-refractivity contribution >= 4 is 16.6 Å². The lowest BCUT2D eigenvalue weighted by molar-refractivity contribution is 0.399. The molecule has 0 unspecified atom stereocenters. The molecule has 0 N–H and O–H groups in total. The molecule has 0 radical (unpaired) electrons. The van der Waals surface area contributed by atoms with E-state index in [-0.39, 0.29) is 11.1 Å². The largest absolute Gasteiger partial charge is 0.300 e. The van der Waals surface area contributed by atoms with Crippen LogP contribution < -0.4 is 5.56 Å². The highest BCUT2D eigenvalue weighted by Gasteiger charge is 2.23. The maximum Gasteiger partial charge on any atom is 0.278 e. The van der Waals surface area contributed by atoms with E-state index in [4.69, 9.17) is 0 Å². The summed E-state index contributed by atoms with van der Waals surface area (Å²) < 4.78 is 3.78. The Balaban J connectivity index is 2.19. The summed E-state index contributed by atoms with van der Waals surface area (Å²) in [6.07, 6.45) is 1.75. The highest BCUT2D eigenvalue weighted by Crippen LogP contribution is 2.27. The highest BCUT2D eigenvalue weighted by atomic mass is 16.1. The summed E-state index contributed by atoms with van der Waals surface area (Å²) in [4.78, 5) is 18.0. The van der Waals surface area contributed by atoms with Gasteiger partial charge in [-0.1, -0.05) is 42.0 Å². The number of nitrogens with zero attached hydrogens (tertiary/aromatic N) is 3. The van der Waals surface area contributed by atoms with Crippen LogP contribution in [0.1, 0.15) is 26.3 Å². The Hall–Kier alpha value is -2.88. The van der Waals surface area contributed by atoms with Gasteiger partial charge in [0.05, 0.1) is 11.0 Å². The molecule has 4 nitrogen and oxygen atoms in total. The molecule has 0 amide bonds. The lowest BCUT2D eigenvalue weighted by Crippen LogP contribution is -2.35. The average molecular weight is 331 g/mol. The number of benzene rings is 2. The van der Waals surface area contributed by atoms with Crippen LogP contribution in [0.4, 0.5) is 0 Å². The third-order valence-corrected chi connectivity index (χ3v) is 4.55. The summed E-state index contributed by atoms with van der Waals surface area (Å²) in [6.45, 7) is 8.22. The SMILES string of the molecule is Cc1ccc(-c2ncn3c2c(=O)n(C(C)(C)C)c2ccccc23)cc1. The Morgan fingerprint density at radius 2 is 1.56 bits per heavy atom. The highest BCUT2D eigenvalue weighted by molar-refractivity contribution is 5.85. The maximum atomic E-state index is 13.4. The summed E-state index contributed by atoms with van der Waals surface area (Å²) in [5.41, 5.74) is 5.06. The van der Waals surface area contributed by atoms with Gasteiger partial charge in [0, 0.05) is 11.1 Å². The Kier molecular flexibility index (Phi) is 3.32. The fourth-order valence-electron chi connectivity index (χ4n) is 3.40. The van der Waals surface area contributed by atoms with Crippen molar-refractivity contribution in [2.75, 3.05) is 0 Å². The monoisotopic (exact) mass is 331 g/mol. The third-order valence-electron chi connectivity index (χ3n) is 4.55. The Labute approximate surface area is 146 Å². The minimum Gasteiger partial charge on any atom is -0.300 e. The van der Waals surface area contributed by atoms with E-state index in [1.807, 2.05) is 57.5 Å². The zero-order chi connectivity index (χ0) is 17.8. The van der Waals surface area contributed by atoms with Crippen LogP contribution in [0.5, 0.6) is 0 Å². The number of aryl methyl sites for hydroxylation is 1. The van der Waals surface area contributed by atoms with Gasteiger partial charge in [-0.3, -0.25) is 13.8 Å². The van der Waals surface area contributed by atoms with E-state index < -0.39 is 0 Å². The Morgan fingerprint density at radius 1 is 0.920 bits per heavy atom. The van der Waals surface area contributed by atoms with Gasteiger partial charge in [0.1, 0.15) is 17.5 Å². The van der Waals surface area contributed by atoms with Gasteiger partial charge in [-0.05, 0) is 39.8 Å². The van der Waals surface area contributed by atoms with Crippen molar-refractivity contribution in [1.82, 2.24) is 14.0 Å². The van der Waals surface area contributed by atoms with Gasteiger partial charge < -0.3 is 0 Å². The fraction of sp³-hybridized carbons (Fsp3) is 0.238. The van der Waals surface area contributed by atoms with Crippen LogP contribution in [-0.2, 0) is 5.54 Å². The molecule has 4 rings (SSSR count). The second kappa shape index (κ2) is 5.31. The average Bonchev–Trinajstić information content (AvgIpc) is 3.00. The molecule has 0 bridgehead atoms. The van der Waals surface area contributed by atoms with Gasteiger partial charge in [-0.2, -0.15) is 0 Å². The molecule has 0 atom stereocenters. The molecule has 4 aromatic rings. The van der Waals surface area contributed by atoms with E-state index in [1.165, 1.54) is 5.56 Å². The third kappa shape index (κ3) is 2.37. The Morgan fingerprint density at radius 3 is 2.20 bits per heavy atom. The summed E-state index contributed by atoms with van der Waals surface area (Å²) in [5, 5.41) is 0. The lowest BCUT2D eigenvalue weighted by atomic mass is 10.1. The predicted molar refractivity (Wildman–Crippen MR) is 102 cm³/mol. The van der Waals surface area contributed by atoms with E-state index in [9.17, 15) is 4.79 Å². The first-order valence-corrected chi connectivity index (χ1v) is 8.46. The minimum absolute atomic E-state index is 0.0146. The van der Waals surface area contributed by atoms with Crippen LogP contribution >= 0.6 is 0 Å². The molecule has 0 saturated heterocycles. The van der Waals surface area contributed by atoms with Crippen molar-refractivity contribution in [3.63, 3.8) is 0 Å². The molecule has 0 saturated carbocycles. The Bertz CT molecular complexity index is 1140. The number of rotatable bonds is 1. The van der Waals surface area contributed by atoms with E-state index in [0.29, 0.717) is 5.52 Å². The molecule has 25 heavy (non-hydrogen) atoms. The molecular weight excluding hydrogens is 310 g/mol. The lowest BCUT2D eigenvalue weighted by Gasteiger charge is -2.25. The van der Waals surface area contributed by atoms with Crippen molar-refractivity contribution in [3.05, 3.63) is 70.8 Å². The number of hydrogen-bond acceptors (Lipinski definition) is 2. The summed E-state index contributed by atoms with van der Waals surface area (Å²) >= 11 is 0. The van der Waals surface area contributed by atoms with Gasteiger partial charge in [-0.15, -0.1) is 0 Å². The smallest absolute Gasteiger partial charge is 0.278 e. The molecular formula is C21H21N3O. The first-order chi connectivity index (χ1) is 11.9. The standard InChI is InChI=1S/C21H21N3O/c1-14-9-11-15(12-10-14)18-19-20(25)24(21(2,3)4)17-8-6-5-7-16(17)23(19)13-22-18/h5-13H,1-4H3. The number of hydrogen-bond donors (Lipinski definition) is 0. The van der Waals surface area contributed by atoms with Crippen LogP contribution in [0.3, 0.4) is 0 Å². The molecule has 2 aromatic carbocycles. The summed E-state index contributed by atoms with van der Waals surface area (Å²) in [5.74, 6) is 0. The van der Waals surface area contributed by atoms with Gasteiger partial charge >= 0.3 is 0 Å². The number of aromatic nitrogens is 3. The molecule has 2 aromatic heterocycles. The molecule has 0 aliphatic heterocycles. The van der Waals surface area contributed by atoms with E-state index in [1.54, 1.807) is 6.33 Å². The van der Waals surface area contributed by atoms with Gasteiger partial charge in [0.25, 0.3) is 5.56 Å². The molecule has 4 heteroatoms. The van der Waals surface area contributed by atoms with Gasteiger partial charge in [0.2, 0.25) is 0 Å². The van der Waals surface area contributed by atoms with Crippen LogP contribution in [0.2, 0.25) is 0 Å². The quantitative estimate of drug-likeness (QED) is 0.519. The predicted octanol–water partition coefficient (Wildman–Crippen LogP) is 4.38. The minimum atomic E-state index is -0.326. The molecule has 0 aliphatic rings. The molecule has 126 valence electrons. The van der Waals surface area contributed by atoms with Gasteiger partial charge in [-0.25, -0.2) is 4.98 Å². The first-order valence-electron chi connectivity index (χ1n) is 8.46. The summed E-state index contributed by atoms with van der Waals surface area (Å²) in [6, 6.07) is 16.1. The van der Waals surface area contributed by atoms with E-state index in [2.05, 4.69) is 32.7 Å². The van der Waals surface area contributed by atoms with Crippen molar-refractivity contribution < 1.29 is 0 Å². The van der Waals surface area contributed by atoms with E-state index in [0.717, 1.165) is 22.3 Å². The zero-order valence-electron chi connectivity index (χ0n) is 14.9. The topological polar surface area (TPSA) is 39.3 Å². The van der Waals surface area contributed by atoms with Crippen molar-refractivity contribution in [3.8, 4) is 11.3 Å². The number of para-hydroxylation sites is 2. The van der Waals surface area contributed by atoms with Crippen LogP contribution in [0, 0.1) is 6.92 Å². The summed E-state index contributed by atoms with van der Waals surface area (Å²) in [7, 11) is 0. The number of imidazole rings is 1. The maximum absolute atomic E-state index is 13.4. The van der Waals surface area contributed by atoms with Crippen LogP contribution in [-0.4, -0.2) is 14.0 Å². The first kappa shape index (κ1) is 15.6. The second-order valence-corrected chi connectivity index (χ2v) is 7.48. The normalized spacial score (nSPS) is 12.2. The van der Waals surface area contributed by atoms with Crippen LogP contribution in [0.25, 0.3) is 27.8 Å². The molecule has 0 spiro atoms. The fourth-order valence-corrected chi connectivity index (χ4v) is 3.40. The molecule has 2 heterocycles. The van der Waals surface area contributed by atoms with Crippen molar-refractivity contribution in [1.29, 1.82) is 0 Å². The molecule has 0 fully saturated rings. The van der Waals surface area contributed by atoms with Crippen LogP contribution in [0.15, 0.2) is 59.7 Å². The van der Waals surface area contributed by atoms with E-state index >= 15 is 0 Å². The number of fused-ring (bicyclic) bond motifs is 3. The van der Waals surface area contributed by atoms with Gasteiger partial charge in [0.15, 0.2) is 0 Å². The van der Waals surface area contributed by atoms with Crippen molar-refractivity contribution in [2.24, 2.45) is 0 Å². The molecule has 0 aliphatic carbocycles. The second-order valence-electron chi connectivity index (χ2n) is 7.48. The van der Waals surface area contributed by atoms with Crippen molar-refractivity contribution in [2.45, 2.75) is 33.2 Å². The zero-order valence-corrected chi connectivity index (χ0v) is 14.9.